The number of hydrogen-bond acceptors (Lipinski definition) is 4. The Morgan fingerprint density at radius 2 is 0.653 bits per heavy atom. The molecule has 0 saturated heterocycles. The third kappa shape index (κ3) is 6.27. The number of rotatable bonds is 9. The molecule has 12 aromatic carbocycles. The third-order valence-electron chi connectivity index (χ3n) is 14.5. The molecule has 72 heavy (non-hydrogen) atoms. The molecule has 0 aliphatic carbocycles. The molecule has 6 heteroatoms. The summed E-state index contributed by atoms with van der Waals surface area (Å²) < 4.78 is 4.74. The van der Waals surface area contributed by atoms with E-state index < -0.39 is 0 Å². The van der Waals surface area contributed by atoms with E-state index in [-0.39, 0.29) is 0 Å². The van der Waals surface area contributed by atoms with E-state index in [4.69, 9.17) is 0 Å². The SMILES string of the molecule is N#Cc1ccc(N(c2ccc(-c3ccc(N(c4ccc(C#N)cc4)c4ccc5c6c4ccc4cccc(c46)n5-c4ccccc4)cc3)cc2)c2ccc3c4c2ccc2cccc(c24)n3-c2ccccc2)cc1. The highest BCUT2D eigenvalue weighted by Crippen LogP contribution is 2.48. The molecule has 0 aliphatic rings. The molecule has 0 bridgehead atoms. The first-order valence-corrected chi connectivity index (χ1v) is 24.1. The Balaban J connectivity index is 0.870. The molecule has 0 N–H and O–H groups in total. The number of hydrogen-bond donors (Lipinski definition) is 0. The van der Waals surface area contributed by atoms with Crippen LogP contribution in [0.1, 0.15) is 11.1 Å². The standard InChI is InChI=1S/C66H40N6/c67-41-43-17-27-51(28-18-43)69(57-37-39-61-65-55(57)35-25-47-9-7-15-59(63(47)65)71(61)49-11-3-1-4-12-49)53-31-21-45(22-32-53)46-23-33-54(34-24-46)70(52-29-19-44(42-68)20-30-52)58-38-40-62-66-56(58)36-26-48-10-8-16-60(64(48)66)72(62)50-13-5-2-6-14-50/h1-40H. The lowest BCUT2D eigenvalue weighted by molar-refractivity contribution is 1.18. The van der Waals surface area contributed by atoms with Crippen molar-refractivity contribution in [3.05, 3.63) is 254 Å². The quantitative estimate of drug-likeness (QED) is 0.135. The number of anilines is 6. The van der Waals surface area contributed by atoms with Crippen LogP contribution in [0.2, 0.25) is 0 Å². The molecular formula is C66H40N6. The predicted molar refractivity (Wildman–Crippen MR) is 297 cm³/mol. The van der Waals surface area contributed by atoms with Crippen LogP contribution in [0, 0.1) is 22.7 Å². The van der Waals surface area contributed by atoms with Crippen LogP contribution in [0.25, 0.3) is 87.7 Å². The van der Waals surface area contributed by atoms with E-state index in [0.717, 1.165) is 78.4 Å². The zero-order valence-corrected chi connectivity index (χ0v) is 38.8. The molecule has 0 aliphatic heterocycles. The molecule has 0 atom stereocenters. The molecule has 14 aromatic rings. The molecule has 0 spiro atoms. The van der Waals surface area contributed by atoms with E-state index in [0.29, 0.717) is 11.1 Å². The molecule has 2 aromatic heterocycles. The molecule has 0 unspecified atom stereocenters. The van der Waals surface area contributed by atoms with Crippen LogP contribution in [0.5, 0.6) is 0 Å². The molecule has 334 valence electrons. The van der Waals surface area contributed by atoms with Crippen molar-refractivity contribution in [1.82, 2.24) is 9.13 Å². The number of nitrogens with zero attached hydrogens (tertiary/aromatic N) is 6. The lowest BCUT2D eigenvalue weighted by Gasteiger charge is -2.28. The van der Waals surface area contributed by atoms with E-state index in [9.17, 15) is 10.5 Å². The Morgan fingerprint density at radius 1 is 0.292 bits per heavy atom. The highest BCUT2D eigenvalue weighted by molar-refractivity contribution is 6.28. The van der Waals surface area contributed by atoms with Crippen molar-refractivity contribution in [2.75, 3.05) is 9.80 Å². The molecular weight excluding hydrogens is 877 g/mol. The van der Waals surface area contributed by atoms with Crippen molar-refractivity contribution in [3.8, 4) is 34.6 Å². The van der Waals surface area contributed by atoms with Crippen molar-refractivity contribution in [2.24, 2.45) is 0 Å². The van der Waals surface area contributed by atoms with Gasteiger partial charge in [-0.25, -0.2) is 0 Å². The summed E-state index contributed by atoms with van der Waals surface area (Å²) in [5.41, 5.74) is 16.4. The second kappa shape index (κ2) is 16.2. The third-order valence-corrected chi connectivity index (χ3v) is 14.5. The number of aromatic nitrogens is 2. The highest BCUT2D eigenvalue weighted by atomic mass is 15.2. The van der Waals surface area contributed by atoms with Gasteiger partial charge in [-0.15, -0.1) is 0 Å². The van der Waals surface area contributed by atoms with Gasteiger partial charge in [0.2, 0.25) is 0 Å². The van der Waals surface area contributed by atoms with Gasteiger partial charge in [-0.3, -0.25) is 0 Å². The summed E-state index contributed by atoms with van der Waals surface area (Å²) in [6, 6.07) is 90.1. The first kappa shape index (κ1) is 40.9. The van der Waals surface area contributed by atoms with Crippen LogP contribution < -0.4 is 9.80 Å². The monoisotopic (exact) mass is 916 g/mol. The van der Waals surface area contributed by atoms with E-state index in [1.807, 2.05) is 48.5 Å². The van der Waals surface area contributed by atoms with E-state index in [2.05, 4.69) is 225 Å². The van der Waals surface area contributed by atoms with E-state index in [1.54, 1.807) is 0 Å². The van der Waals surface area contributed by atoms with Crippen LogP contribution >= 0.6 is 0 Å². The summed E-state index contributed by atoms with van der Waals surface area (Å²) in [4.78, 5) is 4.61. The van der Waals surface area contributed by atoms with Gasteiger partial charge in [-0.1, -0.05) is 109 Å². The maximum Gasteiger partial charge on any atom is 0.0991 e. The molecule has 0 amide bonds. The average molecular weight is 917 g/mol. The van der Waals surface area contributed by atoms with Gasteiger partial charge < -0.3 is 18.9 Å². The second-order valence-electron chi connectivity index (χ2n) is 18.4. The van der Waals surface area contributed by atoms with E-state index in [1.165, 1.54) is 43.4 Å². The Labute approximate surface area is 415 Å². The summed E-state index contributed by atoms with van der Waals surface area (Å²) in [7, 11) is 0. The fourth-order valence-corrected chi connectivity index (χ4v) is 11.3. The zero-order valence-electron chi connectivity index (χ0n) is 38.8. The maximum atomic E-state index is 9.77. The molecule has 6 nitrogen and oxygen atoms in total. The summed E-state index contributed by atoms with van der Waals surface area (Å²) in [6.07, 6.45) is 0. The molecule has 0 radical (unpaired) electrons. The Bertz CT molecular complexity index is 4140. The van der Waals surface area contributed by atoms with Gasteiger partial charge in [0, 0.05) is 66.4 Å². The minimum absolute atomic E-state index is 0.615. The topological polar surface area (TPSA) is 63.9 Å². The summed E-state index contributed by atoms with van der Waals surface area (Å²) in [6.45, 7) is 0. The van der Waals surface area contributed by atoms with Crippen LogP contribution in [0.4, 0.5) is 34.1 Å². The van der Waals surface area contributed by atoms with Crippen molar-refractivity contribution in [2.45, 2.75) is 0 Å². The minimum atomic E-state index is 0.615. The lowest BCUT2D eigenvalue weighted by Crippen LogP contribution is -2.11. The number of benzene rings is 12. The minimum Gasteiger partial charge on any atom is -0.310 e. The van der Waals surface area contributed by atoms with Crippen molar-refractivity contribution in [1.29, 1.82) is 10.5 Å². The summed E-state index contributed by atoms with van der Waals surface area (Å²) in [5, 5.41) is 29.2. The van der Waals surface area contributed by atoms with Crippen molar-refractivity contribution < 1.29 is 0 Å². The molecule has 2 heterocycles. The van der Waals surface area contributed by atoms with Crippen molar-refractivity contribution in [3.63, 3.8) is 0 Å². The van der Waals surface area contributed by atoms with Crippen molar-refractivity contribution >= 4 is 99.3 Å². The second-order valence-corrected chi connectivity index (χ2v) is 18.4. The first-order valence-electron chi connectivity index (χ1n) is 24.1. The Morgan fingerprint density at radius 3 is 1.03 bits per heavy atom. The van der Waals surface area contributed by atoms with Crippen LogP contribution in [0.15, 0.2) is 243 Å². The van der Waals surface area contributed by atoms with Gasteiger partial charge in [0.05, 0.1) is 56.7 Å². The average Bonchev–Trinajstić information content (AvgIpc) is 3.98. The number of nitriles is 2. The summed E-state index contributed by atoms with van der Waals surface area (Å²) in [5.74, 6) is 0. The molecule has 0 fully saturated rings. The fraction of sp³-hybridized carbons (Fsp3) is 0. The van der Waals surface area contributed by atoms with Gasteiger partial charge in [0.1, 0.15) is 0 Å². The summed E-state index contributed by atoms with van der Waals surface area (Å²) >= 11 is 0. The fourth-order valence-electron chi connectivity index (χ4n) is 11.3. The molecule has 0 saturated carbocycles. The van der Waals surface area contributed by atoms with Gasteiger partial charge in [-0.05, 0) is 155 Å². The number of para-hydroxylation sites is 2. The Hall–Kier alpha value is -10.1. The van der Waals surface area contributed by atoms with Crippen LogP contribution in [-0.2, 0) is 0 Å². The van der Waals surface area contributed by atoms with Gasteiger partial charge in [0.15, 0.2) is 0 Å². The predicted octanol–water partition coefficient (Wildman–Crippen LogP) is 17.4. The van der Waals surface area contributed by atoms with Gasteiger partial charge in [0.25, 0.3) is 0 Å². The normalized spacial score (nSPS) is 11.6. The highest BCUT2D eigenvalue weighted by Gasteiger charge is 2.24. The van der Waals surface area contributed by atoms with E-state index >= 15 is 0 Å². The Kier molecular flexibility index (Phi) is 9.23. The smallest absolute Gasteiger partial charge is 0.0991 e. The molecule has 14 rings (SSSR count). The first-order chi connectivity index (χ1) is 35.6. The van der Waals surface area contributed by atoms with Gasteiger partial charge >= 0.3 is 0 Å². The maximum absolute atomic E-state index is 9.77. The van der Waals surface area contributed by atoms with Crippen LogP contribution in [-0.4, -0.2) is 9.13 Å². The zero-order chi connectivity index (χ0) is 47.9. The lowest BCUT2D eigenvalue weighted by atomic mass is 9.99. The van der Waals surface area contributed by atoms with Gasteiger partial charge in [-0.2, -0.15) is 10.5 Å². The van der Waals surface area contributed by atoms with Crippen LogP contribution in [0.3, 0.4) is 0 Å². The largest absolute Gasteiger partial charge is 0.310 e.